The standard InChI is InChI=1S/C12H12BrN3O2/c1-17-9-4-2-3-8(5-9)6-18-12-10(13)11(14)15-7-16-12/h2-5,7H,6H2,1H3,(H2,14,15,16). The maximum Gasteiger partial charge on any atom is 0.233 e. The number of anilines is 1. The van der Waals surface area contributed by atoms with Gasteiger partial charge in [0.2, 0.25) is 5.88 Å². The number of ether oxygens (including phenoxy) is 2. The van der Waals surface area contributed by atoms with E-state index in [9.17, 15) is 0 Å². The van der Waals surface area contributed by atoms with E-state index in [2.05, 4.69) is 25.9 Å². The molecular weight excluding hydrogens is 298 g/mol. The van der Waals surface area contributed by atoms with Crippen molar-refractivity contribution in [3.05, 3.63) is 40.6 Å². The predicted octanol–water partition coefficient (Wildman–Crippen LogP) is 2.41. The lowest BCUT2D eigenvalue weighted by Gasteiger charge is -2.08. The summed E-state index contributed by atoms with van der Waals surface area (Å²) in [6, 6.07) is 7.63. The molecule has 0 saturated heterocycles. The van der Waals surface area contributed by atoms with Gasteiger partial charge in [0.1, 0.15) is 29.0 Å². The molecule has 0 aliphatic rings. The first-order valence-electron chi connectivity index (χ1n) is 5.22. The Morgan fingerprint density at radius 2 is 2.17 bits per heavy atom. The summed E-state index contributed by atoms with van der Waals surface area (Å²) < 4.78 is 11.3. The molecule has 2 rings (SSSR count). The van der Waals surface area contributed by atoms with Crippen molar-refractivity contribution in [2.24, 2.45) is 0 Å². The van der Waals surface area contributed by atoms with Crippen molar-refractivity contribution in [1.82, 2.24) is 9.97 Å². The van der Waals surface area contributed by atoms with Crippen LogP contribution in [0.5, 0.6) is 11.6 Å². The molecule has 5 nitrogen and oxygen atoms in total. The molecule has 2 aromatic rings. The monoisotopic (exact) mass is 309 g/mol. The highest BCUT2D eigenvalue weighted by molar-refractivity contribution is 9.10. The van der Waals surface area contributed by atoms with Gasteiger partial charge in [-0.1, -0.05) is 12.1 Å². The largest absolute Gasteiger partial charge is 0.497 e. The highest BCUT2D eigenvalue weighted by atomic mass is 79.9. The van der Waals surface area contributed by atoms with E-state index in [1.54, 1.807) is 7.11 Å². The molecule has 0 saturated carbocycles. The Labute approximate surface area is 113 Å². The predicted molar refractivity (Wildman–Crippen MR) is 71.5 cm³/mol. The van der Waals surface area contributed by atoms with Gasteiger partial charge in [-0.3, -0.25) is 0 Å². The van der Waals surface area contributed by atoms with E-state index < -0.39 is 0 Å². The molecule has 0 atom stereocenters. The molecule has 1 aromatic carbocycles. The third-order valence-corrected chi connectivity index (χ3v) is 3.04. The van der Waals surface area contributed by atoms with E-state index in [4.69, 9.17) is 15.2 Å². The zero-order valence-electron chi connectivity index (χ0n) is 9.76. The van der Waals surface area contributed by atoms with Crippen LogP contribution in [0.15, 0.2) is 35.1 Å². The lowest BCUT2D eigenvalue weighted by atomic mass is 10.2. The quantitative estimate of drug-likeness (QED) is 0.939. The van der Waals surface area contributed by atoms with Crippen molar-refractivity contribution in [3.63, 3.8) is 0 Å². The number of nitrogens with zero attached hydrogens (tertiary/aromatic N) is 2. The van der Waals surface area contributed by atoms with E-state index in [1.807, 2.05) is 24.3 Å². The Kier molecular flexibility index (Phi) is 3.99. The van der Waals surface area contributed by atoms with Gasteiger partial charge in [0.25, 0.3) is 0 Å². The zero-order valence-corrected chi connectivity index (χ0v) is 11.3. The number of rotatable bonds is 4. The van der Waals surface area contributed by atoms with Crippen molar-refractivity contribution in [3.8, 4) is 11.6 Å². The second kappa shape index (κ2) is 5.68. The minimum atomic E-state index is 0.352. The molecular formula is C12H12BrN3O2. The lowest BCUT2D eigenvalue weighted by molar-refractivity contribution is 0.290. The van der Waals surface area contributed by atoms with Gasteiger partial charge in [0.15, 0.2) is 0 Å². The van der Waals surface area contributed by atoms with Crippen LogP contribution in [-0.4, -0.2) is 17.1 Å². The fourth-order valence-corrected chi connectivity index (χ4v) is 1.70. The molecule has 0 aliphatic carbocycles. The highest BCUT2D eigenvalue weighted by Crippen LogP contribution is 2.26. The third kappa shape index (κ3) is 2.89. The fraction of sp³-hybridized carbons (Fsp3) is 0.167. The van der Waals surface area contributed by atoms with Crippen LogP contribution in [0.3, 0.4) is 0 Å². The van der Waals surface area contributed by atoms with Gasteiger partial charge in [0, 0.05) is 0 Å². The number of hydrogen-bond acceptors (Lipinski definition) is 5. The van der Waals surface area contributed by atoms with Crippen LogP contribution in [-0.2, 0) is 6.61 Å². The van der Waals surface area contributed by atoms with Crippen LogP contribution in [0.2, 0.25) is 0 Å². The molecule has 0 bridgehead atoms. The topological polar surface area (TPSA) is 70.3 Å². The fourth-order valence-electron chi connectivity index (χ4n) is 1.38. The molecule has 0 spiro atoms. The third-order valence-electron chi connectivity index (χ3n) is 2.29. The van der Waals surface area contributed by atoms with Gasteiger partial charge in [0.05, 0.1) is 7.11 Å². The van der Waals surface area contributed by atoms with Gasteiger partial charge >= 0.3 is 0 Å². The molecule has 0 radical (unpaired) electrons. The van der Waals surface area contributed by atoms with E-state index in [0.29, 0.717) is 22.8 Å². The van der Waals surface area contributed by atoms with Crippen LogP contribution in [0.1, 0.15) is 5.56 Å². The second-order valence-electron chi connectivity index (χ2n) is 3.52. The summed E-state index contributed by atoms with van der Waals surface area (Å²) in [6.45, 7) is 0.381. The SMILES string of the molecule is COc1cccc(COc2ncnc(N)c2Br)c1. The molecule has 2 N–H and O–H groups in total. The van der Waals surface area contributed by atoms with E-state index in [1.165, 1.54) is 6.33 Å². The minimum absolute atomic E-state index is 0.352. The molecule has 1 aromatic heterocycles. The Balaban J connectivity index is 2.09. The lowest BCUT2D eigenvalue weighted by Crippen LogP contribution is -2.01. The van der Waals surface area contributed by atoms with E-state index in [0.717, 1.165) is 11.3 Å². The van der Waals surface area contributed by atoms with Crippen molar-refractivity contribution < 1.29 is 9.47 Å². The van der Waals surface area contributed by atoms with E-state index in [-0.39, 0.29) is 0 Å². The van der Waals surface area contributed by atoms with E-state index >= 15 is 0 Å². The molecule has 18 heavy (non-hydrogen) atoms. The summed E-state index contributed by atoms with van der Waals surface area (Å²) in [4.78, 5) is 7.85. The summed E-state index contributed by atoms with van der Waals surface area (Å²) >= 11 is 3.28. The summed E-state index contributed by atoms with van der Waals surface area (Å²) in [5, 5.41) is 0. The summed E-state index contributed by atoms with van der Waals surface area (Å²) in [5.74, 6) is 1.56. The summed E-state index contributed by atoms with van der Waals surface area (Å²) in [6.07, 6.45) is 1.36. The second-order valence-corrected chi connectivity index (χ2v) is 4.31. The van der Waals surface area contributed by atoms with Gasteiger partial charge in [-0.15, -0.1) is 0 Å². The average molecular weight is 310 g/mol. The van der Waals surface area contributed by atoms with Crippen molar-refractivity contribution in [2.45, 2.75) is 6.61 Å². The van der Waals surface area contributed by atoms with Gasteiger partial charge < -0.3 is 15.2 Å². The highest BCUT2D eigenvalue weighted by Gasteiger charge is 2.07. The number of hydrogen-bond donors (Lipinski definition) is 1. The maximum atomic E-state index is 5.64. The maximum absolute atomic E-state index is 5.64. The van der Waals surface area contributed by atoms with Crippen LogP contribution in [0.25, 0.3) is 0 Å². The van der Waals surface area contributed by atoms with Gasteiger partial charge in [-0.25, -0.2) is 9.97 Å². The molecule has 94 valence electrons. The molecule has 1 heterocycles. The number of nitrogens with two attached hydrogens (primary N) is 1. The normalized spacial score (nSPS) is 10.1. The molecule has 0 unspecified atom stereocenters. The molecule has 6 heteroatoms. The van der Waals surface area contributed by atoms with Crippen molar-refractivity contribution in [1.29, 1.82) is 0 Å². The van der Waals surface area contributed by atoms with Crippen LogP contribution in [0, 0.1) is 0 Å². The number of benzene rings is 1. The van der Waals surface area contributed by atoms with Crippen LogP contribution < -0.4 is 15.2 Å². The molecule has 0 amide bonds. The molecule has 0 aliphatic heterocycles. The smallest absolute Gasteiger partial charge is 0.233 e. The summed E-state index contributed by atoms with van der Waals surface area (Å²) in [5.41, 5.74) is 6.62. The Hall–Kier alpha value is -1.82. The number of methoxy groups -OCH3 is 1. The zero-order chi connectivity index (χ0) is 13.0. The number of halogens is 1. The van der Waals surface area contributed by atoms with Gasteiger partial charge in [-0.05, 0) is 33.6 Å². The molecule has 0 fully saturated rings. The Bertz CT molecular complexity index is 549. The first-order valence-corrected chi connectivity index (χ1v) is 6.01. The van der Waals surface area contributed by atoms with Crippen molar-refractivity contribution in [2.75, 3.05) is 12.8 Å². The van der Waals surface area contributed by atoms with Gasteiger partial charge in [-0.2, -0.15) is 0 Å². The first kappa shape index (κ1) is 12.6. The number of nitrogen functional groups attached to an aromatic ring is 1. The van der Waals surface area contributed by atoms with Crippen LogP contribution in [0.4, 0.5) is 5.82 Å². The first-order chi connectivity index (χ1) is 8.70. The summed E-state index contributed by atoms with van der Waals surface area (Å²) in [7, 11) is 1.63. The van der Waals surface area contributed by atoms with Crippen molar-refractivity contribution >= 4 is 21.7 Å². The minimum Gasteiger partial charge on any atom is -0.497 e. The Morgan fingerprint density at radius 3 is 2.94 bits per heavy atom. The Morgan fingerprint density at radius 1 is 1.33 bits per heavy atom. The average Bonchev–Trinajstić information content (AvgIpc) is 2.41. The number of aromatic nitrogens is 2. The van der Waals surface area contributed by atoms with Crippen LogP contribution >= 0.6 is 15.9 Å².